The Hall–Kier alpha value is -3.19. The molecule has 198 valence electrons. The first-order valence-corrected chi connectivity index (χ1v) is 13.6. The minimum atomic E-state index is -0.740. The lowest BCUT2D eigenvalue weighted by Gasteiger charge is -2.52. The molecule has 2 saturated heterocycles. The van der Waals surface area contributed by atoms with Crippen LogP contribution >= 0.6 is 0 Å². The molecular formula is C30H40N4O3. The first kappa shape index (κ1) is 26.9. The summed E-state index contributed by atoms with van der Waals surface area (Å²) in [6.45, 7) is 9.16. The summed E-state index contributed by atoms with van der Waals surface area (Å²) in [7, 11) is 0. The molecule has 1 atom stereocenters. The predicted molar refractivity (Wildman–Crippen MR) is 146 cm³/mol. The SMILES string of the molecule is CCCCN1C(=O)[C@H](CC(C)C)NC(=O)C12CCN(Cc1ccc(C(=O)Nc3ccccc3)cc1)CC2. The Labute approximate surface area is 220 Å². The van der Waals surface area contributed by atoms with Crippen molar-refractivity contribution < 1.29 is 14.4 Å². The first-order chi connectivity index (χ1) is 17.8. The van der Waals surface area contributed by atoms with Gasteiger partial charge < -0.3 is 15.5 Å². The molecule has 0 aliphatic carbocycles. The third kappa shape index (κ3) is 6.21. The second-order valence-electron chi connectivity index (χ2n) is 10.8. The van der Waals surface area contributed by atoms with Gasteiger partial charge in [0, 0.05) is 37.4 Å². The van der Waals surface area contributed by atoms with Gasteiger partial charge in [0.1, 0.15) is 11.6 Å². The van der Waals surface area contributed by atoms with Crippen LogP contribution in [0.4, 0.5) is 5.69 Å². The van der Waals surface area contributed by atoms with Gasteiger partial charge in [0.2, 0.25) is 11.8 Å². The molecule has 7 nitrogen and oxygen atoms in total. The zero-order valence-electron chi connectivity index (χ0n) is 22.3. The van der Waals surface area contributed by atoms with E-state index in [2.05, 4.69) is 36.3 Å². The van der Waals surface area contributed by atoms with Crippen LogP contribution in [-0.2, 0) is 16.1 Å². The highest BCUT2D eigenvalue weighted by atomic mass is 16.2. The first-order valence-electron chi connectivity index (χ1n) is 13.6. The van der Waals surface area contributed by atoms with E-state index in [9.17, 15) is 14.4 Å². The van der Waals surface area contributed by atoms with Crippen LogP contribution in [0.15, 0.2) is 54.6 Å². The number of nitrogens with zero attached hydrogens (tertiary/aromatic N) is 2. The van der Waals surface area contributed by atoms with Crippen LogP contribution in [0.1, 0.15) is 68.8 Å². The van der Waals surface area contributed by atoms with E-state index in [0.29, 0.717) is 37.3 Å². The van der Waals surface area contributed by atoms with Crippen molar-refractivity contribution in [1.29, 1.82) is 0 Å². The number of nitrogens with one attached hydrogen (secondary N) is 2. The summed E-state index contributed by atoms with van der Waals surface area (Å²) < 4.78 is 0. The molecule has 2 aliphatic heterocycles. The maximum atomic E-state index is 13.4. The normalized spacial score (nSPS) is 19.8. The number of hydrogen-bond donors (Lipinski definition) is 2. The standard InChI is InChI=1S/C30H40N4O3/c1-4-5-17-34-28(36)26(20-22(2)3)32-29(37)30(34)15-18-33(19-16-30)21-23-11-13-24(14-12-23)27(35)31-25-9-7-6-8-10-25/h6-14,22,26H,4-5,15-21H2,1-3H3,(H,31,35)(H,32,37)/t26-/m0/s1. The summed E-state index contributed by atoms with van der Waals surface area (Å²) >= 11 is 0. The van der Waals surface area contributed by atoms with Crippen LogP contribution in [0.5, 0.6) is 0 Å². The van der Waals surface area contributed by atoms with Crippen molar-refractivity contribution in [2.45, 2.75) is 71.0 Å². The van der Waals surface area contributed by atoms with Gasteiger partial charge in [0.25, 0.3) is 5.91 Å². The summed E-state index contributed by atoms with van der Waals surface area (Å²) in [4.78, 5) is 43.6. The van der Waals surface area contributed by atoms with Crippen molar-refractivity contribution in [3.8, 4) is 0 Å². The molecule has 7 heteroatoms. The van der Waals surface area contributed by atoms with Gasteiger partial charge in [-0.15, -0.1) is 0 Å². The fourth-order valence-corrected chi connectivity index (χ4v) is 5.47. The molecule has 37 heavy (non-hydrogen) atoms. The molecule has 0 aromatic heterocycles. The molecule has 2 heterocycles. The maximum absolute atomic E-state index is 13.4. The summed E-state index contributed by atoms with van der Waals surface area (Å²) in [5.41, 5.74) is 1.77. The maximum Gasteiger partial charge on any atom is 0.255 e. The van der Waals surface area contributed by atoms with Gasteiger partial charge in [-0.25, -0.2) is 0 Å². The second kappa shape index (κ2) is 11.9. The third-order valence-corrected chi connectivity index (χ3v) is 7.59. The van der Waals surface area contributed by atoms with E-state index in [0.717, 1.165) is 43.7 Å². The van der Waals surface area contributed by atoms with Gasteiger partial charge in [-0.1, -0.05) is 57.5 Å². The number of piperazine rings is 1. The number of carbonyl (C=O) groups excluding carboxylic acids is 3. The smallest absolute Gasteiger partial charge is 0.255 e. The monoisotopic (exact) mass is 504 g/mol. The summed E-state index contributed by atoms with van der Waals surface area (Å²) in [5.74, 6) is 0.310. The molecule has 2 aromatic carbocycles. The molecule has 3 amide bonds. The molecule has 0 saturated carbocycles. The number of likely N-dealkylation sites (tertiary alicyclic amines) is 1. The van der Waals surface area contributed by atoms with Crippen molar-refractivity contribution >= 4 is 23.4 Å². The second-order valence-corrected chi connectivity index (χ2v) is 10.8. The summed E-state index contributed by atoms with van der Waals surface area (Å²) in [6, 6.07) is 16.7. The molecule has 1 spiro atoms. The van der Waals surface area contributed by atoms with Gasteiger partial charge in [-0.3, -0.25) is 19.3 Å². The van der Waals surface area contributed by atoms with Crippen molar-refractivity contribution in [2.75, 3.05) is 25.0 Å². The highest BCUT2D eigenvalue weighted by Gasteiger charge is 2.53. The van der Waals surface area contributed by atoms with E-state index in [1.807, 2.05) is 59.5 Å². The van der Waals surface area contributed by atoms with Gasteiger partial charge in [0.15, 0.2) is 0 Å². The zero-order valence-corrected chi connectivity index (χ0v) is 22.3. The van der Waals surface area contributed by atoms with E-state index in [1.165, 1.54) is 0 Å². The molecule has 2 aromatic rings. The number of anilines is 1. The number of hydrogen-bond acceptors (Lipinski definition) is 4. The van der Waals surface area contributed by atoms with Crippen LogP contribution in [0.2, 0.25) is 0 Å². The number of amides is 3. The number of para-hydroxylation sites is 1. The Morgan fingerprint density at radius 1 is 1.05 bits per heavy atom. The third-order valence-electron chi connectivity index (χ3n) is 7.59. The molecular weight excluding hydrogens is 464 g/mol. The molecule has 2 N–H and O–H groups in total. The Morgan fingerprint density at radius 3 is 2.35 bits per heavy atom. The Kier molecular flexibility index (Phi) is 8.64. The molecule has 0 bridgehead atoms. The predicted octanol–water partition coefficient (Wildman–Crippen LogP) is 4.45. The minimum Gasteiger partial charge on any atom is -0.342 e. The van der Waals surface area contributed by atoms with E-state index >= 15 is 0 Å². The molecule has 4 rings (SSSR count). The Balaban J connectivity index is 1.37. The fraction of sp³-hybridized carbons (Fsp3) is 0.500. The highest BCUT2D eigenvalue weighted by Crippen LogP contribution is 2.34. The molecule has 2 aliphatic rings. The van der Waals surface area contributed by atoms with Crippen molar-refractivity contribution in [3.05, 3.63) is 65.7 Å². The van der Waals surface area contributed by atoms with Gasteiger partial charge >= 0.3 is 0 Å². The lowest BCUT2D eigenvalue weighted by molar-refractivity contribution is -0.161. The van der Waals surface area contributed by atoms with E-state index in [-0.39, 0.29) is 17.7 Å². The van der Waals surface area contributed by atoms with Gasteiger partial charge in [0.05, 0.1) is 0 Å². The average molecular weight is 505 g/mol. The highest BCUT2D eigenvalue weighted by molar-refractivity contribution is 6.04. The number of benzene rings is 2. The van der Waals surface area contributed by atoms with Crippen molar-refractivity contribution in [3.63, 3.8) is 0 Å². The zero-order chi connectivity index (χ0) is 26.4. The van der Waals surface area contributed by atoms with Crippen LogP contribution in [0, 0.1) is 5.92 Å². The van der Waals surface area contributed by atoms with Crippen LogP contribution in [-0.4, -0.2) is 58.7 Å². The van der Waals surface area contributed by atoms with E-state index in [4.69, 9.17) is 0 Å². The molecule has 2 fully saturated rings. The molecule has 0 unspecified atom stereocenters. The molecule has 0 radical (unpaired) electrons. The number of carbonyl (C=O) groups is 3. The van der Waals surface area contributed by atoms with Crippen molar-refractivity contribution in [2.24, 2.45) is 5.92 Å². The average Bonchev–Trinajstić information content (AvgIpc) is 2.89. The van der Waals surface area contributed by atoms with Crippen molar-refractivity contribution in [1.82, 2.24) is 15.1 Å². The lowest BCUT2D eigenvalue weighted by atomic mass is 9.80. The quantitative estimate of drug-likeness (QED) is 0.529. The van der Waals surface area contributed by atoms with Crippen LogP contribution in [0.25, 0.3) is 0 Å². The number of rotatable bonds is 9. The largest absolute Gasteiger partial charge is 0.342 e. The summed E-state index contributed by atoms with van der Waals surface area (Å²) in [5, 5.41) is 5.99. The minimum absolute atomic E-state index is 0.0160. The lowest BCUT2D eigenvalue weighted by Crippen LogP contribution is -2.73. The van der Waals surface area contributed by atoms with Crippen LogP contribution < -0.4 is 10.6 Å². The fourth-order valence-electron chi connectivity index (χ4n) is 5.47. The van der Waals surface area contributed by atoms with E-state index < -0.39 is 11.6 Å². The topological polar surface area (TPSA) is 81.8 Å². The Morgan fingerprint density at radius 2 is 1.73 bits per heavy atom. The Bertz CT molecular complexity index is 1080. The number of unbranched alkanes of at least 4 members (excludes halogenated alkanes) is 1. The van der Waals surface area contributed by atoms with Gasteiger partial charge in [-0.2, -0.15) is 0 Å². The number of piperidine rings is 1. The van der Waals surface area contributed by atoms with Crippen LogP contribution in [0.3, 0.4) is 0 Å². The van der Waals surface area contributed by atoms with Gasteiger partial charge in [-0.05, 0) is 61.4 Å². The van der Waals surface area contributed by atoms with E-state index in [1.54, 1.807) is 0 Å². The summed E-state index contributed by atoms with van der Waals surface area (Å²) in [6.07, 6.45) is 3.85.